The van der Waals surface area contributed by atoms with Crippen LogP contribution in [0.1, 0.15) is 375 Å². The van der Waals surface area contributed by atoms with Gasteiger partial charge in [-0.3, -0.25) is 0 Å². The van der Waals surface area contributed by atoms with Gasteiger partial charge < -0.3 is 44.6 Å². The molecule has 0 aliphatic heterocycles. The van der Waals surface area contributed by atoms with Crippen molar-refractivity contribution in [3.63, 3.8) is 0 Å². The third-order valence-corrected chi connectivity index (χ3v) is 49.3. The summed E-state index contributed by atoms with van der Waals surface area (Å²) < 4.78 is 0. The van der Waals surface area contributed by atoms with Crippen LogP contribution >= 0.6 is 51.1 Å². The van der Waals surface area contributed by atoms with Crippen molar-refractivity contribution in [3.05, 3.63) is 281 Å². The summed E-state index contributed by atoms with van der Waals surface area (Å²) in [5, 5.41) is 0. The molecule has 0 N–H and O–H groups in total. The SMILES string of the molecule is CC(C)C1CC(C(C)(C)C)CC1C(c1ccccc1)C1C2C=C3C(=CC2C2C=C4C(=CC21)C(C)(C)CCC4(C)C)C(C)(C)CCC3(C)C.CC1CC(C(C)(C)C)CC1C(C)(c1ccccc1)C1C2C=C3C(=CC2C2C=C4C(=CC21)C(C)(C)CCC4(C)C)C(C)(C)CCC3(C)C.CCC1CC2C(c3ccccc3)CCCC2C1[Si](C)(C)C1C(CC)CC2C(c3ccccc3)CCCC21.[CH3-].[CH3-].[CH3-].[CH3-].[CH3-].[CH3-].[Cl][Zr+2][Cl].[Cl][Zr+2][Cl].[Cl][Zr+2][Cl]. The number of hydrogen-bond donors (Lipinski definition) is 0. The molecule has 16 aliphatic rings. The Bertz CT molecular complexity index is 4940. The molecular formula is C137H208Cl6SiZr3. The third kappa shape index (κ3) is 25.7. The van der Waals surface area contributed by atoms with Crippen LogP contribution in [0.2, 0.25) is 24.2 Å². The van der Waals surface area contributed by atoms with Crippen LogP contribution in [-0.2, 0) is 68.0 Å². The minimum atomic E-state index is -1.48. The summed E-state index contributed by atoms with van der Waals surface area (Å²) >= 11 is -2.48. The Balaban J connectivity index is 0.000000232. The van der Waals surface area contributed by atoms with Crippen LogP contribution in [0, 0.1) is 235 Å². The second-order valence-electron chi connectivity index (χ2n) is 57.7. The number of hydrogen-bond acceptors (Lipinski definition) is 0. The van der Waals surface area contributed by atoms with Gasteiger partial charge in [0, 0.05) is 0 Å². The van der Waals surface area contributed by atoms with Crippen LogP contribution in [0.25, 0.3) is 0 Å². The molecule has 4 aromatic rings. The fourth-order valence-electron chi connectivity index (χ4n) is 36.3. The first-order valence-electron chi connectivity index (χ1n) is 57.1. The molecule has 814 valence electrons. The Morgan fingerprint density at radius 2 is 0.612 bits per heavy atom. The molecule has 0 saturated heterocycles. The first-order valence-corrected chi connectivity index (χ1v) is 79.2. The van der Waals surface area contributed by atoms with Crippen molar-refractivity contribution >= 4 is 59.2 Å². The van der Waals surface area contributed by atoms with Crippen molar-refractivity contribution in [1.29, 1.82) is 0 Å². The Kier molecular flexibility index (Phi) is 44.8. The molecule has 20 rings (SSSR count). The summed E-state index contributed by atoms with van der Waals surface area (Å²) in [7, 11) is 28.1. The Morgan fingerprint density at radius 3 is 0.905 bits per heavy atom. The van der Waals surface area contributed by atoms with Gasteiger partial charge in [0.25, 0.3) is 0 Å². The number of allylic oxidation sites excluding steroid dienone is 16. The van der Waals surface area contributed by atoms with E-state index >= 15 is 0 Å². The van der Waals surface area contributed by atoms with Crippen molar-refractivity contribution in [1.82, 2.24) is 0 Å². The van der Waals surface area contributed by atoms with E-state index in [1.54, 1.807) is 66.8 Å². The van der Waals surface area contributed by atoms with E-state index in [2.05, 4.69) is 377 Å². The second kappa shape index (κ2) is 50.8. The summed E-state index contributed by atoms with van der Waals surface area (Å²) in [6.07, 6.45) is 53.8. The molecule has 4 aromatic carbocycles. The summed E-state index contributed by atoms with van der Waals surface area (Å²) in [5.41, 5.74) is 24.9. The van der Waals surface area contributed by atoms with Gasteiger partial charge in [0.15, 0.2) is 0 Å². The molecule has 10 heteroatoms. The predicted octanol–water partition coefficient (Wildman–Crippen LogP) is 44.3. The number of benzene rings is 4. The average Bonchev–Trinajstić information content (AvgIpc) is 1.56. The molecule has 147 heavy (non-hydrogen) atoms. The van der Waals surface area contributed by atoms with Crippen LogP contribution in [0.3, 0.4) is 0 Å². The van der Waals surface area contributed by atoms with Crippen molar-refractivity contribution in [2.45, 2.75) is 382 Å². The molecule has 26 unspecified atom stereocenters. The predicted molar refractivity (Wildman–Crippen MR) is 644 cm³/mol. The maximum absolute atomic E-state index is 4.93. The molecule has 0 aromatic heterocycles. The van der Waals surface area contributed by atoms with Crippen LogP contribution in [0.4, 0.5) is 0 Å². The molecule has 16 aliphatic carbocycles. The van der Waals surface area contributed by atoms with Gasteiger partial charge in [0.05, 0.1) is 8.07 Å². The van der Waals surface area contributed by atoms with E-state index in [1.807, 2.05) is 0 Å². The van der Waals surface area contributed by atoms with Gasteiger partial charge in [-0.25, -0.2) is 0 Å². The number of fused-ring (bicyclic) bond motifs is 12. The normalized spacial score (nSPS) is 35.2. The first kappa shape index (κ1) is 130. The van der Waals surface area contributed by atoms with Gasteiger partial charge >= 0.3 is 114 Å². The summed E-state index contributed by atoms with van der Waals surface area (Å²) in [6.45, 7) is 77.2. The third-order valence-electron chi connectivity index (χ3n) is 44.1. The molecular weight excluding hydrogens is 2160 g/mol. The van der Waals surface area contributed by atoms with Gasteiger partial charge in [0.2, 0.25) is 0 Å². The topological polar surface area (TPSA) is 0 Å². The molecule has 0 spiro atoms. The van der Waals surface area contributed by atoms with Gasteiger partial charge in [-0.15, -0.1) is 0 Å². The van der Waals surface area contributed by atoms with Gasteiger partial charge in [0.1, 0.15) is 0 Å². The summed E-state index contributed by atoms with van der Waals surface area (Å²) in [5.74, 6) is 19.0. The van der Waals surface area contributed by atoms with E-state index in [-0.39, 0.29) is 93.3 Å². The van der Waals surface area contributed by atoms with Crippen LogP contribution < -0.4 is 0 Å². The maximum atomic E-state index is 4.93. The average molecular weight is 2370 g/mol. The van der Waals surface area contributed by atoms with Crippen LogP contribution in [-0.4, -0.2) is 8.07 Å². The van der Waals surface area contributed by atoms with E-state index in [9.17, 15) is 0 Å². The quantitative estimate of drug-likeness (QED) is 0.0924. The molecule has 0 radical (unpaired) electrons. The number of rotatable bonds is 13. The van der Waals surface area contributed by atoms with Crippen LogP contribution in [0.15, 0.2) is 215 Å². The van der Waals surface area contributed by atoms with Gasteiger partial charge in [-0.05, 0) is 394 Å². The number of halogens is 6. The molecule has 0 nitrogen and oxygen atoms in total. The van der Waals surface area contributed by atoms with E-state index in [0.29, 0.717) is 87.8 Å². The first-order chi connectivity index (χ1) is 66.2. The van der Waals surface area contributed by atoms with Crippen molar-refractivity contribution < 1.29 is 62.5 Å². The second-order valence-corrected chi connectivity index (χ2v) is 73.9. The standard InChI is InChI=1S/C48H70.C47H68.C36H52Si.6CH3.6ClH.3Zr/c1-29(2)32-23-31(44(3,4)5)24-35(32)42(30-17-15-14-16-18-30)43-36-27-40-38(45(6,7)19-21-47(40,10)11)25-33(36)34-26-39-41(28-37(34)43)48(12,13)22-20-46(39,8)9;1-29-23-31(42(2,3)4)24-36(29)47(13,30-17-15-14-16-18-30)41-34-27-39-37(43(5,6)19-21-45(39,9)10)25-32(34)33-26-38-40(28-35(33)41)46(11,12)22-20-44(38,7)8;1-5-25-23-33-29(27-15-9-7-10-16-27)19-13-21-31(33)35(25)37(3,4)36-26(6-2)24-34-30(20-14-22-32(34)36)28-17-11-8-12-18-28;;;;;;;;;;;;;;;/h14-18,25-29,31-37,42-43H,19-24H2,1-13H3;14-18,25-29,31-36,41H,19-24H2,1-13H3;7-12,15-18,25-26,29-36H,5-6,13-14,19-24H2,1-4H3;6*1H3;6*1H;;;/q;;;6*-1;;;;;;;3*+4/p-6. The van der Waals surface area contributed by atoms with Crippen molar-refractivity contribution in [2.75, 3.05) is 0 Å². The van der Waals surface area contributed by atoms with Crippen LogP contribution in [0.5, 0.6) is 0 Å². The Labute approximate surface area is 965 Å². The zero-order valence-corrected chi connectivity index (χ0v) is 113. The molecule has 12 saturated carbocycles. The fourth-order valence-corrected chi connectivity index (χ4v) is 42.9. The van der Waals surface area contributed by atoms with Crippen molar-refractivity contribution in [2.24, 2.45) is 190 Å². The van der Waals surface area contributed by atoms with Gasteiger partial charge in [-0.2, -0.15) is 0 Å². The Hall–Kier alpha value is -0.594. The van der Waals surface area contributed by atoms with E-state index < -0.39 is 70.6 Å². The summed E-state index contributed by atoms with van der Waals surface area (Å²) in [4.78, 5) is 0. The molecule has 0 bridgehead atoms. The summed E-state index contributed by atoms with van der Waals surface area (Å²) in [6, 6.07) is 47.4. The fraction of sp³-hybridized carbons (Fsp3) is 0.664. The monoisotopic (exact) mass is 2360 g/mol. The van der Waals surface area contributed by atoms with E-state index in [4.69, 9.17) is 51.1 Å². The zero-order valence-electron chi connectivity index (χ0n) is 99.7. The zero-order chi connectivity index (χ0) is 103. The molecule has 0 heterocycles. The molecule has 26 atom stereocenters. The molecule has 12 fully saturated rings. The minimum absolute atomic E-state index is 0. The Morgan fingerprint density at radius 1 is 0.340 bits per heavy atom. The van der Waals surface area contributed by atoms with E-state index in [1.165, 1.54) is 141 Å². The molecule has 0 amide bonds. The van der Waals surface area contributed by atoms with E-state index in [0.717, 1.165) is 88.0 Å². The van der Waals surface area contributed by atoms with Crippen molar-refractivity contribution in [3.8, 4) is 0 Å². The van der Waals surface area contributed by atoms with Gasteiger partial charge in [-0.1, -0.05) is 415 Å².